The van der Waals surface area contributed by atoms with Crippen molar-refractivity contribution in [3.63, 3.8) is 0 Å². The fourth-order valence-corrected chi connectivity index (χ4v) is 1.67. The predicted molar refractivity (Wildman–Crippen MR) is 55.0 cm³/mol. The Morgan fingerprint density at radius 2 is 2.08 bits per heavy atom. The first-order chi connectivity index (χ1) is 6.33. The minimum absolute atomic E-state index is 0.417. The van der Waals surface area contributed by atoms with Crippen LogP contribution >= 0.6 is 0 Å². The second-order valence-corrected chi connectivity index (χ2v) is 3.65. The van der Waals surface area contributed by atoms with Gasteiger partial charge in [0.1, 0.15) is 0 Å². The van der Waals surface area contributed by atoms with Crippen LogP contribution in [0.4, 0.5) is 0 Å². The Morgan fingerprint density at radius 3 is 2.69 bits per heavy atom. The van der Waals surface area contributed by atoms with Crippen LogP contribution in [0.1, 0.15) is 20.3 Å². The van der Waals surface area contributed by atoms with Gasteiger partial charge in [-0.15, -0.1) is 0 Å². The van der Waals surface area contributed by atoms with Gasteiger partial charge in [0, 0.05) is 39.3 Å². The van der Waals surface area contributed by atoms with Crippen LogP contribution in [0.15, 0.2) is 0 Å². The van der Waals surface area contributed by atoms with Crippen molar-refractivity contribution < 1.29 is 4.74 Å². The lowest BCUT2D eigenvalue weighted by molar-refractivity contribution is 0.0600. The smallest absolute Gasteiger partial charge is 0.0559 e. The van der Waals surface area contributed by atoms with Gasteiger partial charge in [-0.05, 0) is 20.3 Å². The Kier molecular flexibility index (Phi) is 5.35. The Labute approximate surface area is 81.4 Å². The minimum Gasteiger partial charge on any atom is -0.379 e. The highest BCUT2D eigenvalue weighted by Gasteiger charge is 2.10. The summed E-state index contributed by atoms with van der Waals surface area (Å²) in [7, 11) is 0. The van der Waals surface area contributed by atoms with Crippen molar-refractivity contribution in [2.45, 2.75) is 26.4 Å². The Morgan fingerprint density at radius 1 is 1.38 bits per heavy atom. The van der Waals surface area contributed by atoms with E-state index in [2.05, 4.69) is 24.1 Å². The van der Waals surface area contributed by atoms with Gasteiger partial charge in [0.15, 0.2) is 0 Å². The van der Waals surface area contributed by atoms with E-state index in [9.17, 15) is 0 Å². The van der Waals surface area contributed by atoms with E-state index in [1.165, 1.54) is 19.6 Å². The molecule has 1 rings (SSSR count). The molecule has 1 saturated heterocycles. The van der Waals surface area contributed by atoms with E-state index in [1.54, 1.807) is 0 Å². The molecule has 1 fully saturated rings. The van der Waals surface area contributed by atoms with Crippen molar-refractivity contribution in [2.75, 3.05) is 39.3 Å². The zero-order chi connectivity index (χ0) is 9.52. The lowest BCUT2D eigenvalue weighted by Gasteiger charge is -2.28. The fraction of sp³-hybridized carbons (Fsp3) is 1.00. The average Bonchev–Trinajstić information content (AvgIpc) is 2.17. The molecule has 13 heavy (non-hydrogen) atoms. The molecular formula is C10H22N2O. The first-order valence-corrected chi connectivity index (χ1v) is 5.37. The van der Waals surface area contributed by atoms with Crippen LogP contribution in [0.25, 0.3) is 0 Å². The number of rotatable bonds is 5. The van der Waals surface area contributed by atoms with Gasteiger partial charge < -0.3 is 15.0 Å². The maximum atomic E-state index is 5.49. The number of piperazine rings is 1. The summed E-state index contributed by atoms with van der Waals surface area (Å²) in [5.74, 6) is 0. The number of nitrogens with one attached hydrogen (secondary N) is 1. The molecule has 1 atom stereocenters. The zero-order valence-corrected chi connectivity index (χ0v) is 8.88. The molecule has 0 aromatic carbocycles. The monoisotopic (exact) mass is 186 g/mol. The summed E-state index contributed by atoms with van der Waals surface area (Å²) in [6.07, 6.45) is 1.58. The summed E-state index contributed by atoms with van der Waals surface area (Å²) in [5.41, 5.74) is 0. The molecule has 0 aromatic heterocycles. The molecule has 0 saturated carbocycles. The zero-order valence-electron chi connectivity index (χ0n) is 8.88. The molecule has 1 heterocycles. The minimum atomic E-state index is 0.417. The van der Waals surface area contributed by atoms with E-state index in [0.717, 1.165) is 26.1 Å². The molecule has 78 valence electrons. The number of ether oxygens (including phenoxy) is 1. The maximum absolute atomic E-state index is 5.49. The van der Waals surface area contributed by atoms with Crippen molar-refractivity contribution >= 4 is 0 Å². The third kappa shape index (κ3) is 4.60. The van der Waals surface area contributed by atoms with Crippen molar-refractivity contribution in [1.82, 2.24) is 10.2 Å². The maximum Gasteiger partial charge on any atom is 0.0559 e. The third-order valence-corrected chi connectivity index (χ3v) is 2.51. The summed E-state index contributed by atoms with van der Waals surface area (Å²) in [6.45, 7) is 10.9. The van der Waals surface area contributed by atoms with Crippen LogP contribution in [0.5, 0.6) is 0 Å². The molecule has 1 N–H and O–H groups in total. The Bertz CT molecular complexity index is 124. The quantitative estimate of drug-likeness (QED) is 0.684. The topological polar surface area (TPSA) is 24.5 Å². The van der Waals surface area contributed by atoms with Crippen LogP contribution in [0.3, 0.4) is 0 Å². The first-order valence-electron chi connectivity index (χ1n) is 5.37. The van der Waals surface area contributed by atoms with Crippen molar-refractivity contribution in [2.24, 2.45) is 0 Å². The molecule has 1 unspecified atom stereocenters. The van der Waals surface area contributed by atoms with Gasteiger partial charge in [-0.2, -0.15) is 0 Å². The van der Waals surface area contributed by atoms with Gasteiger partial charge in [0.05, 0.1) is 6.10 Å². The number of nitrogens with zero attached hydrogens (tertiary/aromatic N) is 1. The van der Waals surface area contributed by atoms with Crippen LogP contribution in [0.2, 0.25) is 0 Å². The fourth-order valence-electron chi connectivity index (χ4n) is 1.67. The molecule has 0 amide bonds. The molecule has 0 aliphatic carbocycles. The molecule has 0 bridgehead atoms. The van der Waals surface area contributed by atoms with Crippen molar-refractivity contribution in [3.05, 3.63) is 0 Å². The lowest BCUT2D eigenvalue weighted by atomic mass is 10.2. The second-order valence-electron chi connectivity index (χ2n) is 3.65. The van der Waals surface area contributed by atoms with Crippen molar-refractivity contribution in [3.8, 4) is 0 Å². The van der Waals surface area contributed by atoms with Gasteiger partial charge in [-0.3, -0.25) is 0 Å². The first kappa shape index (κ1) is 11.0. The normalized spacial score (nSPS) is 21.7. The van der Waals surface area contributed by atoms with Crippen LogP contribution in [0, 0.1) is 0 Å². The molecular weight excluding hydrogens is 164 g/mol. The van der Waals surface area contributed by atoms with E-state index in [0.29, 0.717) is 6.10 Å². The summed E-state index contributed by atoms with van der Waals surface area (Å²) in [5, 5.41) is 3.35. The summed E-state index contributed by atoms with van der Waals surface area (Å²) in [6, 6.07) is 0. The van der Waals surface area contributed by atoms with Crippen LogP contribution < -0.4 is 5.32 Å². The highest BCUT2D eigenvalue weighted by molar-refractivity contribution is 4.68. The summed E-state index contributed by atoms with van der Waals surface area (Å²) in [4.78, 5) is 2.51. The number of hydrogen-bond acceptors (Lipinski definition) is 3. The molecule has 0 spiro atoms. The third-order valence-electron chi connectivity index (χ3n) is 2.51. The van der Waals surface area contributed by atoms with E-state index < -0.39 is 0 Å². The predicted octanol–water partition coefficient (Wildman–Crippen LogP) is 0.707. The number of hydrogen-bond donors (Lipinski definition) is 1. The van der Waals surface area contributed by atoms with Gasteiger partial charge in [-0.25, -0.2) is 0 Å². The molecule has 0 aromatic rings. The largest absolute Gasteiger partial charge is 0.379 e. The Balaban J connectivity index is 2.03. The standard InChI is InChI=1S/C10H22N2O/c1-3-13-10(2)4-7-12-8-5-11-6-9-12/h10-11H,3-9H2,1-2H3. The van der Waals surface area contributed by atoms with Crippen LogP contribution in [-0.2, 0) is 4.74 Å². The molecule has 3 nitrogen and oxygen atoms in total. The van der Waals surface area contributed by atoms with Gasteiger partial charge in [-0.1, -0.05) is 0 Å². The highest BCUT2D eigenvalue weighted by atomic mass is 16.5. The van der Waals surface area contributed by atoms with E-state index in [-0.39, 0.29) is 0 Å². The summed E-state index contributed by atoms with van der Waals surface area (Å²) >= 11 is 0. The summed E-state index contributed by atoms with van der Waals surface area (Å²) < 4.78 is 5.49. The van der Waals surface area contributed by atoms with Gasteiger partial charge in [0.2, 0.25) is 0 Å². The van der Waals surface area contributed by atoms with E-state index in [1.807, 2.05) is 0 Å². The molecule has 0 radical (unpaired) electrons. The average molecular weight is 186 g/mol. The molecule has 1 aliphatic rings. The SMILES string of the molecule is CCOC(C)CCN1CCNCC1. The highest BCUT2D eigenvalue weighted by Crippen LogP contribution is 2.01. The Hall–Kier alpha value is -0.120. The van der Waals surface area contributed by atoms with Gasteiger partial charge >= 0.3 is 0 Å². The lowest BCUT2D eigenvalue weighted by Crippen LogP contribution is -2.44. The second kappa shape index (κ2) is 6.35. The van der Waals surface area contributed by atoms with Crippen LogP contribution in [-0.4, -0.2) is 50.3 Å². The van der Waals surface area contributed by atoms with Crippen molar-refractivity contribution in [1.29, 1.82) is 0 Å². The van der Waals surface area contributed by atoms with Gasteiger partial charge in [0.25, 0.3) is 0 Å². The van der Waals surface area contributed by atoms with E-state index in [4.69, 9.17) is 4.74 Å². The molecule has 3 heteroatoms. The van der Waals surface area contributed by atoms with E-state index >= 15 is 0 Å². The molecule has 1 aliphatic heterocycles.